The van der Waals surface area contributed by atoms with E-state index in [0.29, 0.717) is 48.4 Å². The third-order valence-corrected chi connectivity index (χ3v) is 4.74. The lowest BCUT2D eigenvalue weighted by Gasteiger charge is -2.17. The molecule has 172 valence electrons. The molecule has 0 aliphatic heterocycles. The molecular formula is C24H28O8. The molecule has 2 aromatic carbocycles. The van der Waals surface area contributed by atoms with Crippen molar-refractivity contribution in [3.63, 3.8) is 0 Å². The predicted molar refractivity (Wildman–Crippen MR) is 121 cm³/mol. The van der Waals surface area contributed by atoms with Crippen LogP contribution in [0.15, 0.2) is 33.5 Å². The first-order valence-electron chi connectivity index (χ1n) is 10.4. The van der Waals surface area contributed by atoms with E-state index in [2.05, 4.69) is 0 Å². The molecule has 8 heteroatoms. The van der Waals surface area contributed by atoms with Crippen LogP contribution < -0.4 is 33.8 Å². The molecule has 0 unspecified atom stereocenters. The second-order valence-electron chi connectivity index (χ2n) is 6.57. The van der Waals surface area contributed by atoms with E-state index in [9.17, 15) is 4.79 Å². The highest BCUT2D eigenvalue weighted by atomic mass is 16.5. The number of benzene rings is 2. The van der Waals surface area contributed by atoms with Gasteiger partial charge in [0.15, 0.2) is 28.8 Å². The molecule has 3 rings (SSSR count). The third-order valence-electron chi connectivity index (χ3n) is 4.74. The van der Waals surface area contributed by atoms with Gasteiger partial charge in [-0.05, 0) is 39.0 Å². The normalized spacial score (nSPS) is 10.7. The van der Waals surface area contributed by atoms with Crippen molar-refractivity contribution in [3.8, 4) is 45.8 Å². The van der Waals surface area contributed by atoms with Crippen LogP contribution in [0.2, 0.25) is 0 Å². The highest BCUT2D eigenvalue weighted by molar-refractivity contribution is 5.92. The predicted octanol–water partition coefficient (Wildman–Crippen LogP) is 4.68. The van der Waals surface area contributed by atoms with Crippen LogP contribution in [0.1, 0.15) is 20.8 Å². The summed E-state index contributed by atoms with van der Waals surface area (Å²) in [6.45, 7) is 6.77. The first-order chi connectivity index (χ1) is 15.5. The lowest BCUT2D eigenvalue weighted by Crippen LogP contribution is -2.11. The van der Waals surface area contributed by atoms with Gasteiger partial charge in [0.05, 0.1) is 41.2 Å². The van der Waals surface area contributed by atoms with Crippen molar-refractivity contribution >= 4 is 11.0 Å². The van der Waals surface area contributed by atoms with Crippen LogP contribution in [0.5, 0.6) is 34.5 Å². The molecule has 0 N–H and O–H groups in total. The zero-order valence-electron chi connectivity index (χ0n) is 19.2. The molecule has 1 heterocycles. The van der Waals surface area contributed by atoms with Crippen LogP contribution in [0.3, 0.4) is 0 Å². The van der Waals surface area contributed by atoms with E-state index in [1.807, 2.05) is 20.8 Å². The third kappa shape index (κ3) is 4.12. The Bertz CT molecular complexity index is 1150. The molecule has 0 aliphatic carbocycles. The van der Waals surface area contributed by atoms with Crippen molar-refractivity contribution in [2.45, 2.75) is 20.8 Å². The van der Waals surface area contributed by atoms with Gasteiger partial charge < -0.3 is 32.8 Å². The summed E-state index contributed by atoms with van der Waals surface area (Å²) in [7, 11) is 4.45. The van der Waals surface area contributed by atoms with Crippen molar-refractivity contribution in [2.24, 2.45) is 0 Å². The monoisotopic (exact) mass is 444 g/mol. The van der Waals surface area contributed by atoms with Gasteiger partial charge in [-0.2, -0.15) is 0 Å². The van der Waals surface area contributed by atoms with Gasteiger partial charge in [0, 0.05) is 11.6 Å². The minimum Gasteiger partial charge on any atom is -0.493 e. The summed E-state index contributed by atoms with van der Waals surface area (Å²) in [6, 6.07) is 6.88. The molecule has 1 aromatic heterocycles. The number of hydrogen-bond acceptors (Lipinski definition) is 8. The van der Waals surface area contributed by atoms with Gasteiger partial charge in [-0.25, -0.2) is 0 Å². The van der Waals surface area contributed by atoms with Gasteiger partial charge >= 0.3 is 0 Å². The average Bonchev–Trinajstić information content (AvgIpc) is 2.79. The zero-order chi connectivity index (χ0) is 23.3. The summed E-state index contributed by atoms with van der Waals surface area (Å²) in [6.07, 6.45) is 0. The number of hydrogen-bond donors (Lipinski definition) is 0. The topological polar surface area (TPSA) is 85.6 Å². The van der Waals surface area contributed by atoms with Gasteiger partial charge in [0.25, 0.3) is 0 Å². The number of rotatable bonds is 10. The molecule has 0 aliphatic rings. The summed E-state index contributed by atoms with van der Waals surface area (Å²) < 4.78 is 39.7. The molecule has 0 saturated heterocycles. The van der Waals surface area contributed by atoms with Crippen molar-refractivity contribution < 1.29 is 32.8 Å². The van der Waals surface area contributed by atoms with E-state index in [1.165, 1.54) is 14.2 Å². The SMILES string of the molecule is CCOc1ccc(-c2oc3cc(OCC)c(OC)c(OCC)c3c(=O)c2OC)cc1OC. The second kappa shape index (κ2) is 10.2. The fraction of sp³-hybridized carbons (Fsp3) is 0.375. The molecule has 0 radical (unpaired) electrons. The molecule has 0 bridgehead atoms. The van der Waals surface area contributed by atoms with Crippen LogP contribution >= 0.6 is 0 Å². The Hall–Kier alpha value is -3.55. The number of methoxy groups -OCH3 is 3. The first-order valence-corrected chi connectivity index (χ1v) is 10.4. The van der Waals surface area contributed by atoms with Crippen LogP contribution in [-0.4, -0.2) is 41.2 Å². The first kappa shape index (κ1) is 23.1. The molecule has 0 atom stereocenters. The molecular weight excluding hydrogens is 416 g/mol. The fourth-order valence-electron chi connectivity index (χ4n) is 3.46. The molecule has 0 fully saturated rings. The molecule has 0 spiro atoms. The largest absolute Gasteiger partial charge is 0.493 e. The minimum absolute atomic E-state index is 0.0379. The number of fused-ring (bicyclic) bond motifs is 1. The Kier molecular flexibility index (Phi) is 7.35. The van der Waals surface area contributed by atoms with E-state index in [4.69, 9.17) is 32.8 Å². The Balaban J connectivity index is 2.35. The lowest BCUT2D eigenvalue weighted by atomic mass is 10.1. The van der Waals surface area contributed by atoms with Crippen LogP contribution in [0.4, 0.5) is 0 Å². The van der Waals surface area contributed by atoms with Gasteiger partial charge in [0.1, 0.15) is 11.0 Å². The van der Waals surface area contributed by atoms with E-state index in [0.717, 1.165) is 0 Å². The Morgan fingerprint density at radius 2 is 1.38 bits per heavy atom. The lowest BCUT2D eigenvalue weighted by molar-refractivity contribution is 0.284. The van der Waals surface area contributed by atoms with Crippen molar-refractivity contribution in [2.75, 3.05) is 41.2 Å². The van der Waals surface area contributed by atoms with Gasteiger partial charge in [0.2, 0.25) is 16.9 Å². The van der Waals surface area contributed by atoms with E-state index in [1.54, 1.807) is 31.4 Å². The Labute approximate surface area is 186 Å². The highest BCUT2D eigenvalue weighted by Gasteiger charge is 2.26. The molecule has 32 heavy (non-hydrogen) atoms. The standard InChI is InChI=1S/C24H28O8/c1-7-29-15-11-10-14(12-16(15)26-4)21-24(28-6)20(25)19-17(32-21)13-18(30-8-2)22(27-5)23(19)31-9-3/h10-13H,7-9H2,1-6H3. The summed E-state index contributed by atoms with van der Waals surface area (Å²) >= 11 is 0. The van der Waals surface area contributed by atoms with Crippen LogP contribution in [-0.2, 0) is 0 Å². The maximum atomic E-state index is 13.5. The maximum Gasteiger partial charge on any atom is 0.239 e. The van der Waals surface area contributed by atoms with E-state index >= 15 is 0 Å². The molecule has 3 aromatic rings. The Morgan fingerprint density at radius 3 is 1.97 bits per heavy atom. The summed E-state index contributed by atoms with van der Waals surface area (Å²) in [5.74, 6) is 2.37. The van der Waals surface area contributed by atoms with Crippen molar-refractivity contribution in [3.05, 3.63) is 34.5 Å². The van der Waals surface area contributed by atoms with Gasteiger partial charge in [-0.15, -0.1) is 0 Å². The van der Waals surface area contributed by atoms with Gasteiger partial charge in [-0.3, -0.25) is 4.79 Å². The molecule has 0 amide bonds. The summed E-state index contributed by atoms with van der Waals surface area (Å²) in [5, 5.41) is 0.214. The number of ether oxygens (including phenoxy) is 6. The summed E-state index contributed by atoms with van der Waals surface area (Å²) in [4.78, 5) is 13.5. The van der Waals surface area contributed by atoms with E-state index in [-0.39, 0.29) is 33.7 Å². The van der Waals surface area contributed by atoms with Crippen LogP contribution in [0.25, 0.3) is 22.3 Å². The van der Waals surface area contributed by atoms with E-state index < -0.39 is 0 Å². The van der Waals surface area contributed by atoms with Crippen molar-refractivity contribution in [1.82, 2.24) is 0 Å². The minimum atomic E-state index is -0.388. The quantitative estimate of drug-likeness (QED) is 0.446. The van der Waals surface area contributed by atoms with Crippen LogP contribution in [0, 0.1) is 0 Å². The molecule has 0 saturated carbocycles. The fourth-order valence-corrected chi connectivity index (χ4v) is 3.46. The summed E-state index contributed by atoms with van der Waals surface area (Å²) in [5.41, 5.74) is 0.487. The second-order valence-corrected chi connectivity index (χ2v) is 6.57. The maximum absolute atomic E-state index is 13.5. The zero-order valence-corrected chi connectivity index (χ0v) is 19.2. The average molecular weight is 444 g/mol. The molecule has 8 nitrogen and oxygen atoms in total. The van der Waals surface area contributed by atoms with Crippen molar-refractivity contribution in [1.29, 1.82) is 0 Å². The smallest absolute Gasteiger partial charge is 0.239 e. The Morgan fingerprint density at radius 1 is 0.719 bits per heavy atom. The van der Waals surface area contributed by atoms with Gasteiger partial charge in [-0.1, -0.05) is 0 Å². The highest BCUT2D eigenvalue weighted by Crippen LogP contribution is 2.45.